The number of hydrogen-bond donors (Lipinski definition) is 2. The number of hydrogen-bond acceptors (Lipinski definition) is 3. The molecule has 1 fully saturated rings. The predicted molar refractivity (Wildman–Crippen MR) is 113 cm³/mol. The van der Waals surface area contributed by atoms with Crippen LogP contribution in [0.1, 0.15) is 39.6 Å². The van der Waals surface area contributed by atoms with Crippen LogP contribution in [-0.2, 0) is 0 Å². The highest BCUT2D eigenvalue weighted by molar-refractivity contribution is 7.15. The quantitative estimate of drug-likeness (QED) is 0.625. The molecule has 2 heterocycles. The van der Waals surface area contributed by atoms with Gasteiger partial charge in [0.05, 0.1) is 5.56 Å². The van der Waals surface area contributed by atoms with Crippen molar-refractivity contribution in [2.45, 2.75) is 25.7 Å². The van der Waals surface area contributed by atoms with Crippen molar-refractivity contribution in [1.29, 1.82) is 0 Å². The smallest absolute Gasteiger partial charge is 0.335 e. The van der Waals surface area contributed by atoms with E-state index in [0.717, 1.165) is 11.5 Å². The summed E-state index contributed by atoms with van der Waals surface area (Å²) in [5, 5.41) is 12.1. The third-order valence-corrected chi connectivity index (χ3v) is 5.82. The van der Waals surface area contributed by atoms with Crippen LogP contribution in [0.15, 0.2) is 66.7 Å². The summed E-state index contributed by atoms with van der Waals surface area (Å²) in [5.41, 5.74) is 2.91. The van der Waals surface area contributed by atoms with E-state index in [1.807, 2.05) is 12.1 Å². The van der Waals surface area contributed by atoms with Crippen molar-refractivity contribution >= 4 is 17.3 Å². The molecule has 0 radical (unpaired) electrons. The minimum atomic E-state index is -0.885. The molecule has 0 bridgehead atoms. The fraction of sp³-hybridized carbons (Fsp3) is 0.261. The van der Waals surface area contributed by atoms with Crippen LogP contribution in [0.2, 0.25) is 0 Å². The van der Waals surface area contributed by atoms with E-state index in [9.17, 15) is 4.79 Å². The summed E-state index contributed by atoms with van der Waals surface area (Å²) >= 11 is 1.71. The van der Waals surface area contributed by atoms with Crippen molar-refractivity contribution in [3.05, 3.63) is 82.7 Å². The number of carbonyl (C=O) groups is 1. The molecule has 27 heavy (non-hydrogen) atoms. The lowest BCUT2D eigenvalue weighted by atomic mass is 9.90. The van der Waals surface area contributed by atoms with Gasteiger partial charge in [0.25, 0.3) is 0 Å². The standard InChI is InChI=1S/C12H10O2S.C11H15N/c1-8-2-7-11(15-8)9-3-5-10(6-4-9)12(13)14;1-2-4-10(5-3-1)11-6-8-12-9-7-11/h2-7H,1H3,(H,13,14);1-5,11-12H,6-9H2. The first-order chi connectivity index (χ1) is 13.1. The molecule has 0 aliphatic carbocycles. The SMILES string of the molecule is Cc1ccc(-c2ccc(C(=O)O)cc2)s1.c1ccc(C2CCNCC2)cc1. The minimum Gasteiger partial charge on any atom is -0.478 e. The number of carboxylic acids is 1. The van der Waals surface area contributed by atoms with Crippen molar-refractivity contribution in [2.24, 2.45) is 0 Å². The lowest BCUT2D eigenvalue weighted by Crippen LogP contribution is -2.26. The molecule has 0 saturated carbocycles. The molecule has 2 aromatic carbocycles. The van der Waals surface area contributed by atoms with E-state index in [1.165, 1.54) is 41.2 Å². The Balaban J connectivity index is 0.000000159. The zero-order valence-electron chi connectivity index (χ0n) is 15.5. The molecule has 3 aromatic rings. The molecule has 3 nitrogen and oxygen atoms in total. The zero-order valence-corrected chi connectivity index (χ0v) is 16.3. The number of nitrogens with one attached hydrogen (secondary N) is 1. The van der Waals surface area contributed by atoms with Gasteiger partial charge >= 0.3 is 5.97 Å². The molecule has 4 heteroatoms. The van der Waals surface area contributed by atoms with Gasteiger partial charge < -0.3 is 10.4 Å². The van der Waals surface area contributed by atoms with Gasteiger partial charge in [0, 0.05) is 9.75 Å². The molecule has 0 amide bonds. The van der Waals surface area contributed by atoms with E-state index < -0.39 is 5.97 Å². The Morgan fingerprint density at radius 3 is 2.19 bits per heavy atom. The second-order valence-corrected chi connectivity index (χ2v) is 8.02. The minimum absolute atomic E-state index is 0.326. The number of piperidine rings is 1. The summed E-state index contributed by atoms with van der Waals surface area (Å²) in [7, 11) is 0. The molecule has 0 spiro atoms. The largest absolute Gasteiger partial charge is 0.478 e. The van der Waals surface area contributed by atoms with Gasteiger partial charge in [-0.05, 0) is 74.2 Å². The van der Waals surface area contributed by atoms with Crippen molar-refractivity contribution in [1.82, 2.24) is 5.32 Å². The van der Waals surface area contributed by atoms with Crippen LogP contribution in [0.3, 0.4) is 0 Å². The molecule has 0 unspecified atom stereocenters. The lowest BCUT2D eigenvalue weighted by Gasteiger charge is -2.22. The van der Waals surface area contributed by atoms with Crippen LogP contribution in [0.4, 0.5) is 0 Å². The van der Waals surface area contributed by atoms with E-state index >= 15 is 0 Å². The monoisotopic (exact) mass is 379 g/mol. The lowest BCUT2D eigenvalue weighted by molar-refractivity contribution is 0.0697. The summed E-state index contributed by atoms with van der Waals surface area (Å²) in [6.45, 7) is 4.42. The van der Waals surface area contributed by atoms with Gasteiger partial charge in [0.15, 0.2) is 0 Å². The molecule has 1 saturated heterocycles. The van der Waals surface area contributed by atoms with Crippen LogP contribution in [-0.4, -0.2) is 24.2 Å². The summed E-state index contributed by atoms with van der Waals surface area (Å²) in [6.07, 6.45) is 2.59. The van der Waals surface area contributed by atoms with Gasteiger partial charge in [-0.25, -0.2) is 4.79 Å². The molecule has 1 aromatic heterocycles. The molecule has 140 valence electrons. The third-order valence-electron chi connectivity index (χ3n) is 4.77. The molecule has 1 aliphatic heterocycles. The summed E-state index contributed by atoms with van der Waals surface area (Å²) in [6, 6.07) is 21.9. The van der Waals surface area contributed by atoms with Crippen molar-refractivity contribution in [2.75, 3.05) is 13.1 Å². The van der Waals surface area contributed by atoms with Crippen LogP contribution >= 0.6 is 11.3 Å². The Hall–Kier alpha value is -2.43. The molecule has 0 atom stereocenters. The number of benzene rings is 2. The third kappa shape index (κ3) is 5.52. The topological polar surface area (TPSA) is 49.3 Å². The van der Waals surface area contributed by atoms with E-state index in [2.05, 4.69) is 54.7 Å². The summed E-state index contributed by atoms with van der Waals surface area (Å²) in [4.78, 5) is 13.1. The number of thiophene rings is 1. The van der Waals surface area contributed by atoms with Crippen LogP contribution in [0.25, 0.3) is 10.4 Å². The van der Waals surface area contributed by atoms with Crippen molar-refractivity contribution in [3.8, 4) is 10.4 Å². The van der Waals surface area contributed by atoms with Gasteiger partial charge in [0.1, 0.15) is 0 Å². The highest BCUT2D eigenvalue weighted by Crippen LogP contribution is 2.27. The van der Waals surface area contributed by atoms with Crippen molar-refractivity contribution < 1.29 is 9.90 Å². The normalized spacial score (nSPS) is 14.3. The first-order valence-corrected chi connectivity index (χ1v) is 10.1. The Labute approximate surface area is 164 Å². The molecule has 4 rings (SSSR count). The maximum Gasteiger partial charge on any atom is 0.335 e. The number of aryl methyl sites for hydroxylation is 1. The van der Waals surface area contributed by atoms with Gasteiger partial charge in [-0.1, -0.05) is 42.5 Å². The average molecular weight is 380 g/mol. The van der Waals surface area contributed by atoms with Gasteiger partial charge in [-0.15, -0.1) is 11.3 Å². The molecular weight excluding hydrogens is 354 g/mol. The van der Waals surface area contributed by atoms with E-state index in [0.29, 0.717) is 5.56 Å². The number of aromatic carboxylic acids is 1. The number of carboxylic acid groups (broad SMARTS) is 1. The predicted octanol–water partition coefficient (Wildman–Crippen LogP) is 5.58. The Morgan fingerprint density at radius 2 is 1.63 bits per heavy atom. The van der Waals surface area contributed by atoms with E-state index in [1.54, 1.807) is 23.5 Å². The molecule has 1 aliphatic rings. The fourth-order valence-corrected chi connectivity index (χ4v) is 4.12. The highest BCUT2D eigenvalue weighted by atomic mass is 32.1. The first kappa shape index (κ1) is 19.3. The van der Waals surface area contributed by atoms with E-state index in [4.69, 9.17) is 5.11 Å². The fourth-order valence-electron chi connectivity index (χ4n) is 3.25. The second-order valence-electron chi connectivity index (χ2n) is 6.73. The van der Waals surface area contributed by atoms with E-state index in [-0.39, 0.29) is 0 Å². The summed E-state index contributed by atoms with van der Waals surface area (Å²) in [5.74, 6) is -0.0867. The number of rotatable bonds is 3. The summed E-state index contributed by atoms with van der Waals surface area (Å²) < 4.78 is 0. The Bertz CT molecular complexity index is 850. The maximum atomic E-state index is 10.7. The maximum absolute atomic E-state index is 10.7. The van der Waals surface area contributed by atoms with Crippen LogP contribution in [0, 0.1) is 6.92 Å². The van der Waals surface area contributed by atoms with Crippen LogP contribution in [0.5, 0.6) is 0 Å². The van der Waals surface area contributed by atoms with Crippen LogP contribution < -0.4 is 5.32 Å². The van der Waals surface area contributed by atoms with Gasteiger partial charge in [-0.3, -0.25) is 0 Å². The Kier molecular flexibility index (Phi) is 6.80. The van der Waals surface area contributed by atoms with Crippen molar-refractivity contribution in [3.63, 3.8) is 0 Å². The first-order valence-electron chi connectivity index (χ1n) is 9.29. The molecule has 2 N–H and O–H groups in total. The van der Waals surface area contributed by atoms with Gasteiger partial charge in [0.2, 0.25) is 0 Å². The zero-order chi connectivity index (χ0) is 19.1. The average Bonchev–Trinajstić information content (AvgIpc) is 3.16. The molecular formula is C23H25NO2S. The highest BCUT2D eigenvalue weighted by Gasteiger charge is 2.13. The van der Waals surface area contributed by atoms with Gasteiger partial charge in [-0.2, -0.15) is 0 Å². The Morgan fingerprint density at radius 1 is 0.963 bits per heavy atom. The second kappa shape index (κ2) is 9.49.